The quantitative estimate of drug-likeness (QED) is 0.478. The predicted octanol–water partition coefficient (Wildman–Crippen LogP) is 6.30. The van der Waals surface area contributed by atoms with E-state index in [0.29, 0.717) is 16.3 Å². The Bertz CT molecular complexity index is 1190. The minimum absolute atomic E-state index is 0.00350. The molecule has 0 bridgehead atoms. The van der Waals surface area contributed by atoms with Crippen LogP contribution in [0.15, 0.2) is 60.7 Å². The SMILES string of the molecule is O=C(Nc1cccc([C@H]2SCC(=O)N2c2ccc(F)cc2F)c1)c1ccc(Cl)cc1Cl. The van der Waals surface area contributed by atoms with E-state index in [0.717, 1.165) is 12.1 Å². The van der Waals surface area contributed by atoms with Gasteiger partial charge < -0.3 is 5.32 Å². The molecule has 1 atom stereocenters. The third kappa shape index (κ3) is 4.54. The third-order valence-corrected chi connectivity index (χ3v) is 6.40. The number of carbonyl (C=O) groups is 2. The molecule has 0 radical (unpaired) electrons. The lowest BCUT2D eigenvalue weighted by Gasteiger charge is -2.25. The van der Waals surface area contributed by atoms with Crippen LogP contribution in [0.2, 0.25) is 10.0 Å². The zero-order chi connectivity index (χ0) is 22.1. The van der Waals surface area contributed by atoms with Crippen molar-refractivity contribution >= 4 is 58.2 Å². The average molecular weight is 479 g/mol. The van der Waals surface area contributed by atoms with Crippen molar-refractivity contribution in [2.24, 2.45) is 0 Å². The lowest BCUT2D eigenvalue weighted by molar-refractivity contribution is -0.115. The summed E-state index contributed by atoms with van der Waals surface area (Å²) in [6.45, 7) is 0. The van der Waals surface area contributed by atoms with E-state index in [1.165, 1.54) is 34.9 Å². The summed E-state index contributed by atoms with van der Waals surface area (Å²) in [4.78, 5) is 26.4. The fourth-order valence-corrected chi connectivity index (χ4v) is 4.90. The first kappa shape index (κ1) is 21.6. The lowest BCUT2D eigenvalue weighted by Crippen LogP contribution is -2.28. The average Bonchev–Trinajstić information content (AvgIpc) is 3.09. The molecule has 1 aliphatic heterocycles. The van der Waals surface area contributed by atoms with Gasteiger partial charge in [0, 0.05) is 16.8 Å². The summed E-state index contributed by atoms with van der Waals surface area (Å²) >= 11 is 13.3. The van der Waals surface area contributed by atoms with Gasteiger partial charge in [0.05, 0.1) is 22.0 Å². The van der Waals surface area contributed by atoms with Crippen molar-refractivity contribution in [1.82, 2.24) is 0 Å². The number of hydrogen-bond donors (Lipinski definition) is 1. The first-order valence-corrected chi connectivity index (χ1v) is 10.9. The highest BCUT2D eigenvalue weighted by molar-refractivity contribution is 8.00. The number of carbonyl (C=O) groups excluding carboxylic acids is 2. The monoisotopic (exact) mass is 478 g/mol. The summed E-state index contributed by atoms with van der Waals surface area (Å²) in [7, 11) is 0. The zero-order valence-corrected chi connectivity index (χ0v) is 18.1. The second-order valence-electron chi connectivity index (χ2n) is 6.73. The molecule has 1 saturated heterocycles. The summed E-state index contributed by atoms with van der Waals surface area (Å²) in [5.41, 5.74) is 1.42. The molecule has 0 unspecified atom stereocenters. The van der Waals surface area contributed by atoms with Gasteiger partial charge in [0.25, 0.3) is 5.91 Å². The van der Waals surface area contributed by atoms with E-state index in [4.69, 9.17) is 23.2 Å². The van der Waals surface area contributed by atoms with Gasteiger partial charge in [-0.2, -0.15) is 0 Å². The number of rotatable bonds is 4. The molecule has 1 heterocycles. The summed E-state index contributed by atoms with van der Waals surface area (Å²) in [5.74, 6) is -2.10. The summed E-state index contributed by atoms with van der Waals surface area (Å²) < 4.78 is 27.7. The number of hydrogen-bond acceptors (Lipinski definition) is 3. The van der Waals surface area contributed by atoms with Gasteiger partial charge in [0.1, 0.15) is 17.0 Å². The van der Waals surface area contributed by atoms with Gasteiger partial charge in [-0.3, -0.25) is 14.5 Å². The summed E-state index contributed by atoms with van der Waals surface area (Å²) in [6.07, 6.45) is 0. The second kappa shape index (κ2) is 8.86. The molecule has 0 saturated carbocycles. The maximum Gasteiger partial charge on any atom is 0.257 e. The Morgan fingerprint density at radius 1 is 1.06 bits per heavy atom. The Hall–Kier alpha value is -2.61. The Morgan fingerprint density at radius 2 is 1.87 bits per heavy atom. The maximum atomic E-state index is 14.3. The summed E-state index contributed by atoms with van der Waals surface area (Å²) in [5, 5.41) is 2.87. The normalized spacial score (nSPS) is 15.9. The molecule has 3 aromatic carbocycles. The Balaban J connectivity index is 1.61. The Labute approximate surface area is 191 Å². The van der Waals surface area contributed by atoms with Crippen LogP contribution < -0.4 is 10.2 Å². The van der Waals surface area contributed by atoms with Crippen LogP contribution in [0.25, 0.3) is 0 Å². The number of thioether (sulfide) groups is 1. The zero-order valence-electron chi connectivity index (χ0n) is 15.7. The van der Waals surface area contributed by atoms with Crippen LogP contribution in [-0.4, -0.2) is 17.6 Å². The fraction of sp³-hybridized carbons (Fsp3) is 0.0909. The molecule has 2 amide bonds. The number of nitrogens with one attached hydrogen (secondary N) is 1. The molecule has 3 aromatic rings. The molecule has 0 aliphatic carbocycles. The number of anilines is 2. The fourth-order valence-electron chi connectivity index (χ4n) is 3.25. The topological polar surface area (TPSA) is 49.4 Å². The van der Waals surface area contributed by atoms with E-state index < -0.39 is 22.9 Å². The van der Waals surface area contributed by atoms with Crippen LogP contribution in [0.3, 0.4) is 0 Å². The van der Waals surface area contributed by atoms with Crippen LogP contribution in [0, 0.1) is 11.6 Å². The number of amides is 2. The maximum absolute atomic E-state index is 14.3. The van der Waals surface area contributed by atoms with Gasteiger partial charge >= 0.3 is 0 Å². The Morgan fingerprint density at radius 3 is 2.61 bits per heavy atom. The van der Waals surface area contributed by atoms with Crippen LogP contribution in [0.4, 0.5) is 20.2 Å². The molecular formula is C22H14Cl2F2N2O2S. The van der Waals surface area contributed by atoms with Gasteiger partial charge in [0.2, 0.25) is 5.91 Å². The molecule has 31 heavy (non-hydrogen) atoms. The van der Waals surface area contributed by atoms with E-state index in [-0.39, 0.29) is 27.9 Å². The molecule has 4 nitrogen and oxygen atoms in total. The molecule has 0 aromatic heterocycles. The van der Waals surface area contributed by atoms with E-state index >= 15 is 0 Å². The highest BCUT2D eigenvalue weighted by atomic mass is 35.5. The molecule has 1 fully saturated rings. The Kier molecular flexibility index (Phi) is 6.18. The molecule has 158 valence electrons. The molecule has 0 spiro atoms. The van der Waals surface area contributed by atoms with Crippen LogP contribution in [0.5, 0.6) is 0 Å². The van der Waals surface area contributed by atoms with Gasteiger partial charge in [-0.15, -0.1) is 11.8 Å². The van der Waals surface area contributed by atoms with Crippen molar-refractivity contribution in [1.29, 1.82) is 0 Å². The molecule has 1 N–H and O–H groups in total. The van der Waals surface area contributed by atoms with Gasteiger partial charge in [-0.25, -0.2) is 8.78 Å². The van der Waals surface area contributed by atoms with Gasteiger partial charge in [0.15, 0.2) is 0 Å². The van der Waals surface area contributed by atoms with E-state index in [1.54, 1.807) is 30.3 Å². The van der Waals surface area contributed by atoms with Crippen LogP contribution >= 0.6 is 35.0 Å². The largest absolute Gasteiger partial charge is 0.322 e. The van der Waals surface area contributed by atoms with Crippen molar-refractivity contribution in [3.8, 4) is 0 Å². The third-order valence-electron chi connectivity index (χ3n) is 4.64. The minimum atomic E-state index is -0.817. The number of benzene rings is 3. The van der Waals surface area contributed by atoms with Crippen molar-refractivity contribution in [3.63, 3.8) is 0 Å². The standard InChI is InChI=1S/C22H14Cl2F2N2O2S/c23-13-4-6-16(17(24)9-13)21(30)27-15-3-1-2-12(8-15)22-28(20(29)11-31-22)19-7-5-14(25)10-18(19)26/h1-10,22H,11H2,(H,27,30)/t22-/m1/s1. The highest BCUT2D eigenvalue weighted by Gasteiger charge is 2.35. The summed E-state index contributed by atoms with van der Waals surface area (Å²) in [6, 6.07) is 14.5. The van der Waals surface area contributed by atoms with Crippen LogP contribution in [0.1, 0.15) is 21.3 Å². The number of nitrogens with zero attached hydrogens (tertiary/aromatic N) is 1. The van der Waals surface area contributed by atoms with Crippen molar-refractivity contribution in [2.75, 3.05) is 16.0 Å². The van der Waals surface area contributed by atoms with Gasteiger partial charge in [-0.05, 0) is 48.0 Å². The highest BCUT2D eigenvalue weighted by Crippen LogP contribution is 2.43. The van der Waals surface area contributed by atoms with E-state index in [9.17, 15) is 18.4 Å². The first-order valence-electron chi connectivity index (χ1n) is 9.08. The van der Waals surface area contributed by atoms with Crippen molar-refractivity contribution < 1.29 is 18.4 Å². The van der Waals surface area contributed by atoms with E-state index in [2.05, 4.69) is 5.32 Å². The number of halogens is 4. The van der Waals surface area contributed by atoms with E-state index in [1.807, 2.05) is 0 Å². The minimum Gasteiger partial charge on any atom is -0.322 e. The lowest BCUT2D eigenvalue weighted by atomic mass is 10.1. The van der Waals surface area contributed by atoms with Crippen LogP contribution in [-0.2, 0) is 4.79 Å². The predicted molar refractivity (Wildman–Crippen MR) is 120 cm³/mol. The smallest absolute Gasteiger partial charge is 0.257 e. The van der Waals surface area contributed by atoms with Gasteiger partial charge in [-0.1, -0.05) is 35.3 Å². The first-order chi connectivity index (χ1) is 14.8. The van der Waals surface area contributed by atoms with Crippen molar-refractivity contribution in [2.45, 2.75) is 5.37 Å². The molecule has 9 heteroatoms. The molecular weight excluding hydrogens is 465 g/mol. The second-order valence-corrected chi connectivity index (χ2v) is 8.64. The molecule has 1 aliphatic rings. The van der Waals surface area contributed by atoms with Crippen molar-refractivity contribution in [3.05, 3.63) is 93.5 Å². The molecule has 4 rings (SSSR count).